The Morgan fingerprint density at radius 2 is 1.88 bits per heavy atom. The summed E-state index contributed by atoms with van der Waals surface area (Å²) in [6.45, 7) is 5.80. The number of ketones is 1. The van der Waals surface area contributed by atoms with Crippen molar-refractivity contribution in [3.05, 3.63) is 87.2 Å². The van der Waals surface area contributed by atoms with Crippen LogP contribution >= 0.6 is 11.6 Å². The van der Waals surface area contributed by atoms with E-state index in [0.717, 1.165) is 17.8 Å². The van der Waals surface area contributed by atoms with Crippen molar-refractivity contribution in [2.45, 2.75) is 39.5 Å². The van der Waals surface area contributed by atoms with Crippen molar-refractivity contribution in [1.29, 1.82) is 0 Å². The molecule has 2 aliphatic rings. The fourth-order valence-electron chi connectivity index (χ4n) is 4.54. The monoisotopic (exact) mass is 456 g/mol. The van der Waals surface area contributed by atoms with Crippen molar-refractivity contribution in [1.82, 2.24) is 5.32 Å². The van der Waals surface area contributed by atoms with Crippen molar-refractivity contribution >= 4 is 29.0 Å². The number of nitrogens with one attached hydrogen (secondary N) is 2. The maximum absolute atomic E-state index is 14.2. The average molecular weight is 457 g/mol. The first-order valence-electron chi connectivity index (χ1n) is 10.3. The number of Topliss-reactive ketones (excluding diaryl/α,β-unsaturated/α-hetero) is 1. The minimum atomic E-state index is -0.884. The van der Waals surface area contributed by atoms with Gasteiger partial charge in [-0.25, -0.2) is 8.78 Å². The standard InChI is InChI=1S/C25H23ClF2N2O2/c1-13-21(24(32)30-18-9-8-14(27)10-17(18)28)22(15-6-4-5-7-16(15)26)23-19(29-13)11-25(2,3)12-20(23)31/h4-10,22,29H,11-12H2,1-3H3,(H,30,32)/t22-/m0/s1. The summed E-state index contributed by atoms with van der Waals surface area (Å²) in [4.78, 5) is 26.6. The molecule has 1 aliphatic heterocycles. The van der Waals surface area contributed by atoms with Gasteiger partial charge in [0, 0.05) is 46.0 Å². The Bertz CT molecular complexity index is 1200. The zero-order valence-electron chi connectivity index (χ0n) is 18.0. The van der Waals surface area contributed by atoms with Crippen LogP contribution in [0.4, 0.5) is 14.5 Å². The van der Waals surface area contributed by atoms with Crippen LogP contribution in [0.1, 0.15) is 45.1 Å². The molecule has 2 N–H and O–H groups in total. The van der Waals surface area contributed by atoms with E-state index in [4.69, 9.17) is 11.6 Å². The number of hydrogen-bond donors (Lipinski definition) is 2. The highest BCUT2D eigenvalue weighted by Gasteiger charge is 2.43. The van der Waals surface area contributed by atoms with Gasteiger partial charge in [0.25, 0.3) is 5.91 Å². The summed E-state index contributed by atoms with van der Waals surface area (Å²) in [5, 5.41) is 6.20. The van der Waals surface area contributed by atoms with Crippen molar-refractivity contribution in [2.75, 3.05) is 5.32 Å². The van der Waals surface area contributed by atoms with Gasteiger partial charge in [-0.2, -0.15) is 0 Å². The topological polar surface area (TPSA) is 58.2 Å². The van der Waals surface area contributed by atoms with Gasteiger partial charge in [0.1, 0.15) is 11.6 Å². The Morgan fingerprint density at radius 3 is 2.56 bits per heavy atom. The van der Waals surface area contributed by atoms with Crippen LogP contribution in [-0.4, -0.2) is 11.7 Å². The second-order valence-corrected chi connectivity index (χ2v) is 9.44. The SMILES string of the molecule is CC1=C(C(=O)Nc2ccc(F)cc2F)[C@H](c2ccccc2Cl)C2=C(CC(C)(C)CC2=O)N1. The highest BCUT2D eigenvalue weighted by Crippen LogP contribution is 2.48. The number of rotatable bonds is 3. The minimum Gasteiger partial charge on any atom is -0.362 e. The Labute approximate surface area is 190 Å². The van der Waals surface area contributed by atoms with Gasteiger partial charge in [-0.1, -0.05) is 43.6 Å². The second kappa shape index (κ2) is 8.17. The van der Waals surface area contributed by atoms with E-state index in [0.29, 0.717) is 40.8 Å². The maximum atomic E-state index is 14.2. The Balaban J connectivity index is 1.83. The fourth-order valence-corrected chi connectivity index (χ4v) is 4.78. The molecule has 0 saturated heterocycles. The molecule has 1 aliphatic carbocycles. The molecule has 4 rings (SSSR count). The van der Waals surface area contributed by atoms with Gasteiger partial charge in [-0.3, -0.25) is 9.59 Å². The van der Waals surface area contributed by atoms with E-state index in [9.17, 15) is 18.4 Å². The maximum Gasteiger partial charge on any atom is 0.254 e. The summed E-state index contributed by atoms with van der Waals surface area (Å²) in [5.74, 6) is -2.97. The smallest absolute Gasteiger partial charge is 0.254 e. The fraction of sp³-hybridized carbons (Fsp3) is 0.280. The lowest BCUT2D eigenvalue weighted by Gasteiger charge is -2.39. The van der Waals surface area contributed by atoms with E-state index in [1.807, 2.05) is 13.8 Å². The number of amides is 1. The molecule has 1 heterocycles. The minimum absolute atomic E-state index is 0.0561. The van der Waals surface area contributed by atoms with Gasteiger partial charge in [-0.05, 0) is 42.5 Å². The van der Waals surface area contributed by atoms with Crippen LogP contribution in [0.15, 0.2) is 65.0 Å². The predicted octanol–water partition coefficient (Wildman–Crippen LogP) is 5.86. The first kappa shape index (κ1) is 22.2. The van der Waals surface area contributed by atoms with Gasteiger partial charge in [0.2, 0.25) is 0 Å². The van der Waals surface area contributed by atoms with Gasteiger partial charge in [-0.15, -0.1) is 0 Å². The molecule has 0 bridgehead atoms. The molecule has 1 amide bonds. The lowest BCUT2D eigenvalue weighted by molar-refractivity contribution is -0.118. The van der Waals surface area contributed by atoms with Crippen LogP contribution in [0.2, 0.25) is 5.02 Å². The zero-order valence-corrected chi connectivity index (χ0v) is 18.7. The molecule has 0 saturated carbocycles. The number of halogens is 3. The van der Waals surface area contributed by atoms with Crippen LogP contribution in [0.25, 0.3) is 0 Å². The molecule has 0 fully saturated rings. The highest BCUT2D eigenvalue weighted by atomic mass is 35.5. The molecular weight excluding hydrogens is 434 g/mol. The number of allylic oxidation sites excluding steroid dienone is 3. The Kier molecular flexibility index (Phi) is 5.67. The lowest BCUT2D eigenvalue weighted by Crippen LogP contribution is -2.39. The molecular formula is C25H23ClF2N2O2. The molecule has 2 aromatic rings. The van der Waals surface area contributed by atoms with Crippen molar-refractivity contribution in [3.8, 4) is 0 Å². The summed E-state index contributed by atoms with van der Waals surface area (Å²) in [5.41, 5.74) is 2.37. The molecule has 32 heavy (non-hydrogen) atoms. The third kappa shape index (κ3) is 4.07. The molecule has 7 heteroatoms. The second-order valence-electron chi connectivity index (χ2n) is 9.03. The van der Waals surface area contributed by atoms with Gasteiger partial charge in [0.15, 0.2) is 5.78 Å². The lowest BCUT2D eigenvalue weighted by atomic mass is 9.68. The molecule has 4 nitrogen and oxygen atoms in total. The van der Waals surface area contributed by atoms with Crippen molar-refractivity contribution in [3.63, 3.8) is 0 Å². The normalized spacial score (nSPS) is 20.1. The van der Waals surface area contributed by atoms with Crippen LogP contribution in [0.5, 0.6) is 0 Å². The molecule has 0 radical (unpaired) electrons. The molecule has 166 valence electrons. The molecule has 1 atom stereocenters. The number of carbonyl (C=O) groups is 2. The number of hydrogen-bond acceptors (Lipinski definition) is 3. The molecule has 0 aromatic heterocycles. The predicted molar refractivity (Wildman–Crippen MR) is 120 cm³/mol. The van der Waals surface area contributed by atoms with E-state index < -0.39 is 23.5 Å². The average Bonchev–Trinajstić information content (AvgIpc) is 2.68. The van der Waals surface area contributed by atoms with E-state index >= 15 is 0 Å². The number of anilines is 1. The summed E-state index contributed by atoms with van der Waals surface area (Å²) in [6, 6.07) is 10.0. The summed E-state index contributed by atoms with van der Waals surface area (Å²) in [6.07, 6.45) is 0.989. The quantitative estimate of drug-likeness (QED) is 0.608. The highest BCUT2D eigenvalue weighted by molar-refractivity contribution is 6.31. The van der Waals surface area contributed by atoms with Crippen LogP contribution in [-0.2, 0) is 9.59 Å². The Morgan fingerprint density at radius 1 is 1.16 bits per heavy atom. The van der Waals surface area contributed by atoms with E-state index in [1.54, 1.807) is 31.2 Å². The largest absolute Gasteiger partial charge is 0.362 e. The first-order valence-corrected chi connectivity index (χ1v) is 10.7. The summed E-state index contributed by atoms with van der Waals surface area (Å²) < 4.78 is 27.5. The van der Waals surface area contributed by atoms with Crippen molar-refractivity contribution in [2.24, 2.45) is 5.41 Å². The van der Waals surface area contributed by atoms with Crippen LogP contribution in [0.3, 0.4) is 0 Å². The molecule has 0 unspecified atom stereocenters. The first-order chi connectivity index (χ1) is 15.1. The van der Waals surface area contributed by atoms with Gasteiger partial charge >= 0.3 is 0 Å². The van der Waals surface area contributed by atoms with E-state index in [1.165, 1.54) is 0 Å². The third-order valence-electron chi connectivity index (χ3n) is 5.88. The molecule has 2 aromatic carbocycles. The van der Waals surface area contributed by atoms with Crippen LogP contribution in [0, 0.1) is 17.0 Å². The summed E-state index contributed by atoms with van der Waals surface area (Å²) >= 11 is 6.50. The van der Waals surface area contributed by atoms with Gasteiger partial charge < -0.3 is 10.6 Å². The van der Waals surface area contributed by atoms with E-state index in [2.05, 4.69) is 10.6 Å². The summed E-state index contributed by atoms with van der Waals surface area (Å²) in [7, 11) is 0. The third-order valence-corrected chi connectivity index (χ3v) is 6.22. The number of carbonyl (C=O) groups excluding carboxylic acids is 2. The van der Waals surface area contributed by atoms with Gasteiger partial charge in [0.05, 0.1) is 5.69 Å². The number of benzene rings is 2. The van der Waals surface area contributed by atoms with E-state index in [-0.39, 0.29) is 22.5 Å². The van der Waals surface area contributed by atoms with Crippen LogP contribution < -0.4 is 10.6 Å². The zero-order chi connectivity index (χ0) is 23.2. The van der Waals surface area contributed by atoms with Crippen molar-refractivity contribution < 1.29 is 18.4 Å². The Hall–Kier alpha value is -2.99. The number of dihydropyridines is 1. The molecule has 0 spiro atoms.